The van der Waals surface area contributed by atoms with Crippen molar-refractivity contribution in [2.75, 3.05) is 0 Å². The molecule has 0 aromatic heterocycles. The van der Waals surface area contributed by atoms with Crippen LogP contribution in [0, 0.1) is 5.92 Å². The number of ether oxygens (including phenoxy) is 1. The van der Waals surface area contributed by atoms with E-state index in [1.807, 2.05) is 20.8 Å². The molecule has 0 rings (SSSR count). The van der Waals surface area contributed by atoms with Crippen molar-refractivity contribution in [3.63, 3.8) is 0 Å². The Hall–Kier alpha value is -0.510. The first kappa shape index (κ1) is 14.5. The number of unbranched alkanes of at least 4 members (excludes halogenated alkanes) is 1. The van der Waals surface area contributed by atoms with Crippen LogP contribution in [0.3, 0.4) is 0 Å². The molecule has 0 heterocycles. The maximum atomic E-state index is 11.3. The molecule has 0 aromatic carbocycles. The fraction of sp³-hybridized carbons (Fsp3) is 0.818. The number of carbonyl (C=O) groups is 2. The van der Waals surface area contributed by atoms with Gasteiger partial charge in [-0.3, -0.25) is 9.59 Å². The third kappa shape index (κ3) is 7.42. The SMILES string of the molecule is CCCCC(=O)OC(=O)C(S)CC(C)C. The Morgan fingerprint density at radius 1 is 1.33 bits per heavy atom. The average molecular weight is 232 g/mol. The molecule has 0 spiro atoms. The number of hydrogen-bond donors (Lipinski definition) is 1. The highest BCUT2D eigenvalue weighted by Crippen LogP contribution is 2.12. The summed E-state index contributed by atoms with van der Waals surface area (Å²) in [7, 11) is 0. The summed E-state index contributed by atoms with van der Waals surface area (Å²) >= 11 is 4.10. The van der Waals surface area contributed by atoms with Gasteiger partial charge in [-0.2, -0.15) is 12.6 Å². The van der Waals surface area contributed by atoms with Crippen LogP contribution in [0.4, 0.5) is 0 Å². The van der Waals surface area contributed by atoms with Crippen molar-refractivity contribution in [2.45, 2.75) is 51.7 Å². The van der Waals surface area contributed by atoms with Crippen LogP contribution < -0.4 is 0 Å². The monoisotopic (exact) mass is 232 g/mol. The minimum Gasteiger partial charge on any atom is -0.392 e. The van der Waals surface area contributed by atoms with Gasteiger partial charge < -0.3 is 4.74 Å². The molecule has 0 amide bonds. The molecular formula is C11H20O3S. The number of carbonyl (C=O) groups excluding carboxylic acids is 2. The van der Waals surface area contributed by atoms with Gasteiger partial charge in [-0.1, -0.05) is 27.2 Å². The van der Waals surface area contributed by atoms with E-state index in [9.17, 15) is 9.59 Å². The van der Waals surface area contributed by atoms with Crippen molar-refractivity contribution in [3.05, 3.63) is 0 Å². The molecule has 3 nitrogen and oxygen atoms in total. The molecule has 0 aliphatic carbocycles. The molecular weight excluding hydrogens is 212 g/mol. The molecule has 0 N–H and O–H groups in total. The molecule has 0 radical (unpaired) electrons. The summed E-state index contributed by atoms with van der Waals surface area (Å²) in [5.74, 6) is -0.594. The van der Waals surface area contributed by atoms with E-state index in [1.165, 1.54) is 0 Å². The van der Waals surface area contributed by atoms with E-state index in [1.54, 1.807) is 0 Å². The first-order chi connectivity index (χ1) is 6.97. The summed E-state index contributed by atoms with van der Waals surface area (Å²) < 4.78 is 4.66. The van der Waals surface area contributed by atoms with Crippen LogP contribution in [0.5, 0.6) is 0 Å². The van der Waals surface area contributed by atoms with Gasteiger partial charge in [0.15, 0.2) is 0 Å². The van der Waals surface area contributed by atoms with E-state index in [-0.39, 0.29) is 0 Å². The highest BCUT2D eigenvalue weighted by molar-refractivity contribution is 7.81. The zero-order valence-corrected chi connectivity index (χ0v) is 10.5. The molecule has 0 aliphatic heterocycles. The second-order valence-corrected chi connectivity index (χ2v) is 4.67. The Bertz CT molecular complexity index is 214. The lowest BCUT2D eigenvalue weighted by atomic mass is 10.1. The van der Waals surface area contributed by atoms with E-state index >= 15 is 0 Å². The zero-order chi connectivity index (χ0) is 11.8. The van der Waals surface area contributed by atoms with Gasteiger partial charge in [0.05, 0.1) is 0 Å². The van der Waals surface area contributed by atoms with Crippen molar-refractivity contribution in [3.8, 4) is 0 Å². The first-order valence-corrected chi connectivity index (χ1v) is 5.91. The molecule has 0 aromatic rings. The summed E-state index contributed by atoms with van der Waals surface area (Å²) in [6.07, 6.45) is 2.61. The van der Waals surface area contributed by atoms with Gasteiger partial charge in [0.25, 0.3) is 0 Å². The van der Waals surface area contributed by atoms with E-state index in [4.69, 9.17) is 0 Å². The van der Waals surface area contributed by atoms with Gasteiger partial charge in [-0.25, -0.2) is 0 Å². The normalized spacial score (nSPS) is 12.6. The molecule has 0 fully saturated rings. The predicted octanol–water partition coefficient (Wildman–Crippen LogP) is 2.59. The van der Waals surface area contributed by atoms with Crippen LogP contribution in [0.15, 0.2) is 0 Å². The second-order valence-electron chi connectivity index (χ2n) is 4.04. The van der Waals surface area contributed by atoms with E-state index in [0.717, 1.165) is 12.8 Å². The van der Waals surface area contributed by atoms with Gasteiger partial charge in [-0.15, -0.1) is 0 Å². The second kappa shape index (κ2) is 7.74. The molecule has 1 atom stereocenters. The largest absolute Gasteiger partial charge is 0.392 e. The van der Waals surface area contributed by atoms with Crippen molar-refractivity contribution in [1.82, 2.24) is 0 Å². The summed E-state index contributed by atoms with van der Waals surface area (Å²) in [6, 6.07) is 0. The Labute approximate surface area is 97.0 Å². The van der Waals surface area contributed by atoms with E-state index < -0.39 is 17.2 Å². The molecule has 1 unspecified atom stereocenters. The zero-order valence-electron chi connectivity index (χ0n) is 9.66. The minimum absolute atomic E-state index is 0.310. The van der Waals surface area contributed by atoms with Gasteiger partial charge >= 0.3 is 11.9 Å². The van der Waals surface area contributed by atoms with Crippen LogP contribution in [0.25, 0.3) is 0 Å². The van der Waals surface area contributed by atoms with Crippen LogP contribution in [-0.4, -0.2) is 17.2 Å². The van der Waals surface area contributed by atoms with E-state index in [2.05, 4.69) is 17.4 Å². The number of esters is 2. The fourth-order valence-corrected chi connectivity index (χ4v) is 1.57. The van der Waals surface area contributed by atoms with Gasteiger partial charge in [0.1, 0.15) is 5.25 Å². The summed E-state index contributed by atoms with van der Waals surface area (Å²) in [4.78, 5) is 22.5. The van der Waals surface area contributed by atoms with Crippen LogP contribution in [0.2, 0.25) is 0 Å². The lowest BCUT2D eigenvalue weighted by Crippen LogP contribution is -2.23. The third-order valence-corrected chi connectivity index (χ3v) is 2.34. The Kier molecular flexibility index (Phi) is 7.48. The van der Waals surface area contributed by atoms with Crippen molar-refractivity contribution >= 4 is 24.6 Å². The number of hydrogen-bond acceptors (Lipinski definition) is 4. The molecule has 0 saturated heterocycles. The summed E-state index contributed by atoms with van der Waals surface area (Å²) in [5, 5.41) is -0.490. The Balaban J connectivity index is 3.85. The maximum absolute atomic E-state index is 11.3. The third-order valence-electron chi connectivity index (χ3n) is 1.92. The fourth-order valence-electron chi connectivity index (χ4n) is 1.10. The Morgan fingerprint density at radius 3 is 2.40 bits per heavy atom. The maximum Gasteiger partial charge on any atom is 0.326 e. The number of thiol groups is 1. The molecule has 0 bridgehead atoms. The lowest BCUT2D eigenvalue weighted by molar-refractivity contribution is -0.159. The van der Waals surface area contributed by atoms with Crippen LogP contribution in [-0.2, 0) is 14.3 Å². The molecule has 0 aliphatic rings. The first-order valence-electron chi connectivity index (χ1n) is 5.40. The smallest absolute Gasteiger partial charge is 0.326 e. The van der Waals surface area contributed by atoms with Crippen molar-refractivity contribution < 1.29 is 14.3 Å². The van der Waals surface area contributed by atoms with Crippen LogP contribution in [0.1, 0.15) is 46.5 Å². The van der Waals surface area contributed by atoms with Crippen molar-refractivity contribution in [2.24, 2.45) is 5.92 Å². The average Bonchev–Trinajstić information content (AvgIpc) is 2.13. The molecule has 4 heteroatoms. The molecule has 88 valence electrons. The summed E-state index contributed by atoms with van der Waals surface area (Å²) in [6.45, 7) is 5.97. The highest BCUT2D eigenvalue weighted by Gasteiger charge is 2.19. The Morgan fingerprint density at radius 2 is 1.93 bits per heavy atom. The number of rotatable bonds is 6. The quantitative estimate of drug-likeness (QED) is 0.435. The van der Waals surface area contributed by atoms with Crippen LogP contribution >= 0.6 is 12.6 Å². The standard InChI is InChI=1S/C11H20O3S/c1-4-5-6-10(12)14-11(13)9(15)7-8(2)3/h8-9,15H,4-7H2,1-3H3. The lowest BCUT2D eigenvalue weighted by Gasteiger charge is -2.11. The highest BCUT2D eigenvalue weighted by atomic mass is 32.1. The van der Waals surface area contributed by atoms with Crippen molar-refractivity contribution in [1.29, 1.82) is 0 Å². The topological polar surface area (TPSA) is 43.4 Å². The summed E-state index contributed by atoms with van der Waals surface area (Å²) in [5.41, 5.74) is 0. The predicted molar refractivity (Wildman–Crippen MR) is 62.9 cm³/mol. The molecule has 15 heavy (non-hydrogen) atoms. The van der Waals surface area contributed by atoms with E-state index in [0.29, 0.717) is 18.8 Å². The van der Waals surface area contributed by atoms with Gasteiger partial charge in [0.2, 0.25) is 0 Å². The van der Waals surface area contributed by atoms with Gasteiger partial charge in [-0.05, 0) is 18.8 Å². The minimum atomic E-state index is -0.520. The molecule has 0 saturated carbocycles. The van der Waals surface area contributed by atoms with Gasteiger partial charge in [0, 0.05) is 6.42 Å².